The van der Waals surface area contributed by atoms with Gasteiger partial charge in [-0.25, -0.2) is 0 Å². The molecule has 5 fully saturated rings. The molecule has 0 radical (unpaired) electrons. The lowest BCUT2D eigenvalue weighted by Crippen LogP contribution is -2.70. The second-order valence-electron chi connectivity index (χ2n) is 14.1. The van der Waals surface area contributed by atoms with E-state index in [0.29, 0.717) is 24.2 Å². The second-order valence-corrected chi connectivity index (χ2v) is 14.1. The standard InChI is InChI=1S/C30H48O5/c1-17(2)18(3)8-9-19(4)22-10-11-23-26-24(32)15-29(33)14-21(34-20(5)31)12-13-28(29,7)30(26)25(35-30)16-27(22,23)6/h17-19,21-23,25-26,33H,8-16H2,1-7H3/t18-,19+,21+,22+,23-,25+,26+,27+,28-,29-,30+/m0/s1. The molecule has 5 rings (SSSR count). The van der Waals surface area contributed by atoms with Crippen LogP contribution in [0.3, 0.4) is 0 Å². The minimum atomic E-state index is -1.17. The van der Waals surface area contributed by atoms with E-state index >= 15 is 0 Å². The Balaban J connectivity index is 1.39. The first-order valence-corrected chi connectivity index (χ1v) is 14.4. The molecule has 5 aliphatic rings. The maximum Gasteiger partial charge on any atom is 0.302 e. The first-order chi connectivity index (χ1) is 16.3. The van der Waals surface area contributed by atoms with Crippen LogP contribution in [0.4, 0.5) is 0 Å². The van der Waals surface area contributed by atoms with Gasteiger partial charge in [0.15, 0.2) is 0 Å². The minimum Gasteiger partial charge on any atom is -0.462 e. The SMILES string of the molecule is CC(=O)O[C@@H]1CC[C@@]2(C)[C@@](O)(CC(=O)[C@H]3[C@@H]4CC[C@H]([C@H](C)CC[C@H](C)C(C)C)[C@@]4(C)C[C@H]4O[C@]432)C1. The van der Waals surface area contributed by atoms with Crippen molar-refractivity contribution >= 4 is 11.8 Å². The van der Waals surface area contributed by atoms with Crippen LogP contribution in [0.2, 0.25) is 0 Å². The highest BCUT2D eigenvalue weighted by atomic mass is 16.6. The van der Waals surface area contributed by atoms with E-state index in [9.17, 15) is 14.7 Å². The van der Waals surface area contributed by atoms with Gasteiger partial charge in [-0.2, -0.15) is 0 Å². The lowest BCUT2D eigenvalue weighted by molar-refractivity contribution is -0.217. The molecule has 0 aromatic heterocycles. The number of ketones is 1. The van der Waals surface area contributed by atoms with Crippen molar-refractivity contribution in [1.82, 2.24) is 0 Å². The number of Topliss-reactive ketones (excluding diaryl/α,β-unsaturated/α-hetero) is 1. The molecule has 1 spiro atoms. The average Bonchev–Trinajstić information content (AvgIpc) is 3.37. The fourth-order valence-corrected chi connectivity index (χ4v) is 9.74. The third-order valence-corrected chi connectivity index (χ3v) is 12.2. The molecule has 0 amide bonds. The Kier molecular flexibility index (Phi) is 6.08. The molecule has 0 unspecified atom stereocenters. The van der Waals surface area contributed by atoms with E-state index in [1.807, 2.05) is 0 Å². The zero-order valence-corrected chi connectivity index (χ0v) is 23.1. The zero-order valence-electron chi connectivity index (χ0n) is 23.1. The Bertz CT molecular complexity index is 884. The number of esters is 1. The summed E-state index contributed by atoms with van der Waals surface area (Å²) in [6.45, 7) is 15.5. The van der Waals surface area contributed by atoms with E-state index in [1.54, 1.807) is 0 Å². The van der Waals surface area contributed by atoms with Gasteiger partial charge in [-0.1, -0.05) is 54.4 Å². The molecule has 4 aliphatic carbocycles. The molecule has 1 N–H and O–H groups in total. The van der Waals surface area contributed by atoms with Crippen LogP contribution in [0.25, 0.3) is 0 Å². The molecule has 35 heavy (non-hydrogen) atoms. The molecule has 198 valence electrons. The Hall–Kier alpha value is -0.940. The quantitative estimate of drug-likeness (QED) is 0.383. The molecule has 0 bridgehead atoms. The number of rotatable bonds is 6. The normalized spacial score (nSPS) is 50.0. The number of carbonyl (C=O) groups excluding carboxylic acids is 2. The fraction of sp³-hybridized carbons (Fsp3) is 0.933. The maximum atomic E-state index is 13.9. The summed E-state index contributed by atoms with van der Waals surface area (Å²) in [7, 11) is 0. The van der Waals surface area contributed by atoms with Gasteiger partial charge in [0.05, 0.1) is 17.6 Å². The summed E-state index contributed by atoms with van der Waals surface area (Å²) >= 11 is 0. The van der Waals surface area contributed by atoms with Crippen LogP contribution in [0.15, 0.2) is 0 Å². The van der Waals surface area contributed by atoms with Crippen molar-refractivity contribution in [2.75, 3.05) is 0 Å². The summed E-state index contributed by atoms with van der Waals surface area (Å²) in [6.07, 6.45) is 7.57. The number of aliphatic hydroxyl groups is 1. The van der Waals surface area contributed by atoms with Crippen molar-refractivity contribution in [2.24, 2.45) is 46.3 Å². The molecule has 0 aromatic rings. The number of carbonyl (C=O) groups is 2. The van der Waals surface area contributed by atoms with Crippen LogP contribution < -0.4 is 0 Å². The van der Waals surface area contributed by atoms with Gasteiger partial charge in [-0.15, -0.1) is 0 Å². The molecule has 0 aromatic carbocycles. The molecular formula is C30H48O5. The van der Waals surface area contributed by atoms with E-state index in [4.69, 9.17) is 9.47 Å². The summed E-state index contributed by atoms with van der Waals surface area (Å²) < 4.78 is 12.2. The fourth-order valence-electron chi connectivity index (χ4n) is 9.74. The van der Waals surface area contributed by atoms with Gasteiger partial charge in [0.1, 0.15) is 17.5 Å². The van der Waals surface area contributed by atoms with Gasteiger partial charge in [-0.3, -0.25) is 9.59 Å². The van der Waals surface area contributed by atoms with Crippen molar-refractivity contribution in [2.45, 2.75) is 130 Å². The lowest BCUT2D eigenvalue weighted by atomic mass is 9.42. The zero-order chi connectivity index (χ0) is 25.6. The van der Waals surface area contributed by atoms with Crippen LogP contribution in [-0.2, 0) is 19.1 Å². The Morgan fingerprint density at radius 1 is 1.11 bits per heavy atom. The van der Waals surface area contributed by atoms with E-state index in [-0.39, 0.29) is 41.7 Å². The van der Waals surface area contributed by atoms with Crippen molar-refractivity contribution in [3.8, 4) is 0 Å². The van der Waals surface area contributed by atoms with E-state index < -0.39 is 16.6 Å². The average molecular weight is 489 g/mol. The van der Waals surface area contributed by atoms with Gasteiger partial charge < -0.3 is 14.6 Å². The molecule has 1 saturated heterocycles. The molecular weight excluding hydrogens is 440 g/mol. The van der Waals surface area contributed by atoms with E-state index in [0.717, 1.165) is 37.5 Å². The van der Waals surface area contributed by atoms with Crippen LogP contribution >= 0.6 is 0 Å². The third kappa shape index (κ3) is 3.53. The largest absolute Gasteiger partial charge is 0.462 e. The molecule has 1 heterocycles. The topological polar surface area (TPSA) is 76.1 Å². The number of epoxide rings is 1. The number of ether oxygens (including phenoxy) is 2. The molecule has 5 heteroatoms. The summed E-state index contributed by atoms with van der Waals surface area (Å²) in [6, 6.07) is 0. The second kappa shape index (κ2) is 8.28. The molecule has 4 saturated carbocycles. The first kappa shape index (κ1) is 25.7. The summed E-state index contributed by atoms with van der Waals surface area (Å²) in [5.41, 5.74) is -2.05. The summed E-state index contributed by atoms with van der Waals surface area (Å²) in [4.78, 5) is 25.5. The van der Waals surface area contributed by atoms with Crippen LogP contribution in [0.5, 0.6) is 0 Å². The van der Waals surface area contributed by atoms with Crippen LogP contribution in [-0.4, -0.2) is 40.3 Å². The number of hydrogen-bond donors (Lipinski definition) is 1. The highest BCUT2D eigenvalue weighted by molar-refractivity contribution is 5.87. The van der Waals surface area contributed by atoms with Gasteiger partial charge >= 0.3 is 5.97 Å². The van der Waals surface area contributed by atoms with E-state index in [2.05, 4.69) is 41.5 Å². The smallest absolute Gasteiger partial charge is 0.302 e. The summed E-state index contributed by atoms with van der Waals surface area (Å²) in [5, 5.41) is 12.0. The highest BCUT2D eigenvalue weighted by Crippen LogP contribution is 2.77. The Labute approximate surface area is 212 Å². The number of hydrogen-bond acceptors (Lipinski definition) is 5. The minimum absolute atomic E-state index is 0.0576. The third-order valence-electron chi connectivity index (χ3n) is 12.2. The Morgan fingerprint density at radius 3 is 2.49 bits per heavy atom. The van der Waals surface area contributed by atoms with Crippen molar-refractivity contribution in [1.29, 1.82) is 0 Å². The van der Waals surface area contributed by atoms with Crippen molar-refractivity contribution < 1.29 is 24.2 Å². The maximum absolute atomic E-state index is 13.9. The monoisotopic (exact) mass is 488 g/mol. The van der Waals surface area contributed by atoms with Crippen molar-refractivity contribution in [3.05, 3.63) is 0 Å². The van der Waals surface area contributed by atoms with E-state index in [1.165, 1.54) is 26.2 Å². The lowest BCUT2D eigenvalue weighted by Gasteiger charge is -2.61. The predicted octanol–water partition coefficient (Wildman–Crippen LogP) is 5.71. The van der Waals surface area contributed by atoms with Crippen LogP contribution in [0.1, 0.15) is 106 Å². The van der Waals surface area contributed by atoms with Crippen molar-refractivity contribution in [3.63, 3.8) is 0 Å². The Morgan fingerprint density at radius 2 is 1.83 bits per heavy atom. The van der Waals surface area contributed by atoms with Gasteiger partial charge in [0, 0.05) is 25.2 Å². The van der Waals surface area contributed by atoms with Gasteiger partial charge in [0.2, 0.25) is 0 Å². The molecule has 11 atom stereocenters. The predicted molar refractivity (Wildman–Crippen MR) is 135 cm³/mol. The number of fused-ring (bicyclic) bond motifs is 3. The first-order valence-electron chi connectivity index (χ1n) is 14.4. The molecule has 1 aliphatic heterocycles. The van der Waals surface area contributed by atoms with Gasteiger partial charge in [0.25, 0.3) is 0 Å². The molecule has 5 nitrogen and oxygen atoms in total. The highest BCUT2D eigenvalue weighted by Gasteiger charge is 2.84. The van der Waals surface area contributed by atoms with Gasteiger partial charge in [-0.05, 0) is 67.1 Å². The summed E-state index contributed by atoms with van der Waals surface area (Å²) in [5.74, 6) is 2.87. The van der Waals surface area contributed by atoms with Crippen LogP contribution in [0, 0.1) is 46.3 Å².